The molecule has 2 N–H and O–H groups in total. The molecule has 0 saturated carbocycles. The largest absolute Gasteiger partial charge is 0.405 e. The topological polar surface area (TPSA) is 26.0 Å². The predicted molar refractivity (Wildman–Crippen MR) is 163 cm³/mol. The molecule has 1 nitrogen and oxygen atoms in total. The molecular weight excluding hydrogens is 446 g/mol. The fourth-order valence-electron chi connectivity index (χ4n) is 5.43. The quantitative estimate of drug-likeness (QED) is 0.255. The molecule has 2 aliphatic rings. The molecule has 2 aliphatic carbocycles. The lowest BCUT2D eigenvalue weighted by atomic mass is 9.93. The highest BCUT2D eigenvalue weighted by Crippen LogP contribution is 2.48. The third kappa shape index (κ3) is 4.38. The first kappa shape index (κ1) is 24.3. The van der Waals surface area contributed by atoms with Gasteiger partial charge in [0.25, 0.3) is 0 Å². The zero-order chi connectivity index (χ0) is 25.8. The van der Waals surface area contributed by atoms with Crippen LogP contribution in [-0.2, 0) is 0 Å². The molecule has 0 aromatic heterocycles. The Morgan fingerprint density at radius 2 is 1.41 bits per heavy atom. The monoisotopic (exact) mass is 479 g/mol. The second-order valence-electron chi connectivity index (χ2n) is 9.04. The van der Waals surface area contributed by atoms with Gasteiger partial charge in [0, 0.05) is 0 Å². The van der Waals surface area contributed by atoms with Gasteiger partial charge < -0.3 is 5.73 Å². The molecule has 0 radical (unpaired) electrons. The molecule has 0 saturated heterocycles. The van der Waals surface area contributed by atoms with Crippen molar-refractivity contribution in [1.29, 1.82) is 0 Å². The van der Waals surface area contributed by atoms with Gasteiger partial charge >= 0.3 is 0 Å². The van der Waals surface area contributed by atoms with Crippen molar-refractivity contribution in [1.82, 2.24) is 0 Å². The van der Waals surface area contributed by atoms with Gasteiger partial charge in [0.2, 0.25) is 0 Å². The first-order chi connectivity index (χ1) is 18.3. The Balaban J connectivity index is 0.00000137. The van der Waals surface area contributed by atoms with E-state index in [0.717, 1.165) is 12.0 Å². The molecule has 4 aromatic carbocycles. The number of nitrogens with two attached hydrogens (primary N) is 1. The third-order valence-electron chi connectivity index (χ3n) is 7.13. The van der Waals surface area contributed by atoms with Crippen LogP contribution in [0.4, 0.5) is 0 Å². The van der Waals surface area contributed by atoms with Crippen molar-refractivity contribution in [3.8, 4) is 22.3 Å². The fourth-order valence-corrected chi connectivity index (χ4v) is 5.43. The van der Waals surface area contributed by atoms with Crippen molar-refractivity contribution >= 4 is 27.5 Å². The van der Waals surface area contributed by atoms with Crippen LogP contribution in [-0.4, -0.2) is 0 Å². The maximum atomic E-state index is 5.60. The minimum Gasteiger partial charge on any atom is -0.405 e. The second kappa shape index (κ2) is 10.7. The van der Waals surface area contributed by atoms with Crippen LogP contribution in [0.5, 0.6) is 0 Å². The second-order valence-corrected chi connectivity index (χ2v) is 9.04. The maximum Gasteiger partial charge on any atom is -0.00203 e. The number of rotatable bonds is 4. The van der Waals surface area contributed by atoms with Crippen LogP contribution in [0.25, 0.3) is 49.7 Å². The van der Waals surface area contributed by atoms with Gasteiger partial charge in [0.05, 0.1) is 0 Å². The van der Waals surface area contributed by atoms with E-state index in [-0.39, 0.29) is 0 Å². The molecule has 0 heterocycles. The van der Waals surface area contributed by atoms with Gasteiger partial charge in [-0.2, -0.15) is 0 Å². The van der Waals surface area contributed by atoms with Crippen LogP contribution in [0, 0.1) is 0 Å². The van der Waals surface area contributed by atoms with Crippen LogP contribution in [0.15, 0.2) is 122 Å². The van der Waals surface area contributed by atoms with Crippen LogP contribution in [0.1, 0.15) is 43.9 Å². The van der Waals surface area contributed by atoms with E-state index in [1.54, 1.807) is 6.20 Å². The van der Waals surface area contributed by atoms with Crippen LogP contribution in [0.2, 0.25) is 0 Å². The van der Waals surface area contributed by atoms with Gasteiger partial charge in [-0.25, -0.2) is 0 Å². The summed E-state index contributed by atoms with van der Waals surface area (Å²) in [5.41, 5.74) is 18.4. The molecular formula is C36H33N. The molecule has 0 spiro atoms. The molecule has 0 atom stereocenters. The predicted octanol–water partition coefficient (Wildman–Crippen LogP) is 9.82. The SMILES string of the molecule is C/C=C(\C=C/N)c1ccc(C2=CC=C(c3ccc4c5c(cccc35)-c3ccccc3-4)CC=C2)cc1.CC. The van der Waals surface area contributed by atoms with E-state index < -0.39 is 0 Å². The van der Waals surface area contributed by atoms with Gasteiger partial charge in [-0.3, -0.25) is 0 Å². The van der Waals surface area contributed by atoms with E-state index in [4.69, 9.17) is 5.73 Å². The number of benzene rings is 4. The van der Waals surface area contributed by atoms with E-state index in [2.05, 4.69) is 109 Å². The smallest absolute Gasteiger partial charge is 0.00203 e. The zero-order valence-electron chi connectivity index (χ0n) is 21.8. The van der Waals surface area contributed by atoms with Gasteiger partial charge in [-0.1, -0.05) is 123 Å². The first-order valence-electron chi connectivity index (χ1n) is 13.2. The van der Waals surface area contributed by atoms with Gasteiger partial charge in [0.15, 0.2) is 0 Å². The highest BCUT2D eigenvalue weighted by atomic mass is 14.5. The Bertz CT molecular complexity index is 1580. The number of hydrogen-bond donors (Lipinski definition) is 1. The molecule has 0 fully saturated rings. The molecule has 0 bridgehead atoms. The summed E-state index contributed by atoms with van der Waals surface area (Å²) in [7, 11) is 0. The third-order valence-corrected chi connectivity index (χ3v) is 7.13. The summed E-state index contributed by atoms with van der Waals surface area (Å²) in [5, 5.41) is 2.72. The Morgan fingerprint density at radius 1 is 0.730 bits per heavy atom. The lowest BCUT2D eigenvalue weighted by molar-refractivity contribution is 1.41. The average molecular weight is 480 g/mol. The van der Waals surface area contributed by atoms with Crippen molar-refractivity contribution in [3.63, 3.8) is 0 Å². The molecule has 1 heteroatoms. The van der Waals surface area contributed by atoms with E-state index >= 15 is 0 Å². The van der Waals surface area contributed by atoms with Gasteiger partial charge in [-0.05, 0) is 92.1 Å². The molecule has 0 amide bonds. The molecule has 37 heavy (non-hydrogen) atoms. The number of fused-ring (bicyclic) bond motifs is 3. The lowest BCUT2D eigenvalue weighted by Crippen LogP contribution is -1.87. The summed E-state index contributed by atoms with van der Waals surface area (Å²) in [6.45, 7) is 6.03. The standard InChI is InChI=1S/C34H27N.C2H6/c1-2-23(21-22-35)25-13-15-26(16-14-25)24-7-5-8-27(18-17-24)28-19-20-33-30-10-4-3-9-29(30)32-12-6-11-31(28)34(32)33;1-2/h2-7,9-22H,8,35H2,1H3;1-2H3/b22-21-,23-2+;. The lowest BCUT2D eigenvalue weighted by Gasteiger charge is -2.11. The van der Waals surface area contributed by atoms with Crippen LogP contribution in [0.3, 0.4) is 0 Å². The average Bonchev–Trinajstić information content (AvgIpc) is 3.11. The summed E-state index contributed by atoms with van der Waals surface area (Å²) in [4.78, 5) is 0. The van der Waals surface area contributed by atoms with E-state index in [0.29, 0.717) is 0 Å². The Kier molecular flexibility index (Phi) is 7.05. The Hall–Kier alpha value is -4.36. The molecule has 182 valence electrons. The van der Waals surface area contributed by atoms with Crippen molar-refractivity contribution in [2.45, 2.75) is 27.2 Å². The van der Waals surface area contributed by atoms with Crippen LogP contribution < -0.4 is 5.73 Å². The van der Waals surface area contributed by atoms with Crippen molar-refractivity contribution in [2.75, 3.05) is 0 Å². The maximum absolute atomic E-state index is 5.60. The molecule has 0 aliphatic heterocycles. The van der Waals surface area contributed by atoms with Crippen LogP contribution >= 0.6 is 0 Å². The molecule has 0 unspecified atom stereocenters. The van der Waals surface area contributed by atoms with E-state index in [1.807, 2.05) is 26.8 Å². The van der Waals surface area contributed by atoms with Crippen molar-refractivity contribution in [3.05, 3.63) is 138 Å². The minimum atomic E-state index is 0.910. The summed E-state index contributed by atoms with van der Waals surface area (Å²) < 4.78 is 0. The van der Waals surface area contributed by atoms with Gasteiger partial charge in [-0.15, -0.1) is 0 Å². The highest BCUT2D eigenvalue weighted by Gasteiger charge is 2.22. The summed E-state index contributed by atoms with van der Waals surface area (Å²) >= 11 is 0. The molecule has 4 aromatic rings. The summed E-state index contributed by atoms with van der Waals surface area (Å²) in [6.07, 6.45) is 15.6. The van der Waals surface area contributed by atoms with Gasteiger partial charge in [0.1, 0.15) is 0 Å². The van der Waals surface area contributed by atoms with E-state index in [1.165, 1.54) is 60.9 Å². The summed E-state index contributed by atoms with van der Waals surface area (Å²) in [6, 6.07) is 28.8. The fraction of sp³-hybridized carbons (Fsp3) is 0.111. The number of allylic oxidation sites excluding steroid dienone is 9. The summed E-state index contributed by atoms with van der Waals surface area (Å²) in [5.74, 6) is 0. The zero-order valence-corrected chi connectivity index (χ0v) is 21.8. The molecule has 6 rings (SSSR count). The van der Waals surface area contributed by atoms with E-state index in [9.17, 15) is 0 Å². The van der Waals surface area contributed by atoms with Crippen molar-refractivity contribution < 1.29 is 0 Å². The Morgan fingerprint density at radius 3 is 2.11 bits per heavy atom. The highest BCUT2D eigenvalue weighted by molar-refractivity contribution is 6.17. The normalized spacial score (nSPS) is 14.1. The van der Waals surface area contributed by atoms with Crippen molar-refractivity contribution in [2.24, 2.45) is 5.73 Å². The Labute approximate surface area is 220 Å². The minimum absolute atomic E-state index is 0.910. The first-order valence-corrected chi connectivity index (χ1v) is 13.2. The number of hydrogen-bond acceptors (Lipinski definition) is 1.